The van der Waals surface area contributed by atoms with Gasteiger partial charge in [-0.3, -0.25) is 0 Å². The molecular weight excluding hydrogens is 189 g/mol. The molecule has 1 aromatic rings. The molecular formula is C8H12FN3O2. The first-order valence-electron chi connectivity index (χ1n) is 4.41. The van der Waals surface area contributed by atoms with Crippen molar-refractivity contribution < 1.29 is 14.3 Å². The summed E-state index contributed by atoms with van der Waals surface area (Å²) in [6.07, 6.45) is -1.12. The van der Waals surface area contributed by atoms with Crippen LogP contribution in [-0.2, 0) is 17.6 Å². The number of hydrogen-bond acceptors (Lipinski definition) is 3. The molecule has 78 valence electrons. The molecule has 1 aromatic heterocycles. The zero-order valence-corrected chi connectivity index (χ0v) is 8.07. The molecule has 6 heteroatoms. The van der Waals surface area contributed by atoms with Crippen LogP contribution < -0.4 is 0 Å². The zero-order chi connectivity index (χ0) is 10.7. The van der Waals surface area contributed by atoms with Crippen molar-refractivity contribution in [3.63, 3.8) is 0 Å². The molecule has 1 heterocycles. The van der Waals surface area contributed by atoms with Crippen molar-refractivity contribution in [3.8, 4) is 0 Å². The van der Waals surface area contributed by atoms with E-state index in [-0.39, 0.29) is 0 Å². The minimum absolute atomic E-state index is 0.358. The van der Waals surface area contributed by atoms with Gasteiger partial charge in [0.25, 0.3) is 6.30 Å². The van der Waals surface area contributed by atoms with Crippen LogP contribution in [0.2, 0.25) is 0 Å². The van der Waals surface area contributed by atoms with Crippen LogP contribution in [0.4, 0.5) is 4.39 Å². The lowest BCUT2D eigenvalue weighted by molar-refractivity contribution is -0.147. The highest BCUT2D eigenvalue weighted by Crippen LogP contribution is 2.11. The average molecular weight is 201 g/mol. The first kappa shape index (κ1) is 10.6. The lowest BCUT2D eigenvalue weighted by Gasteiger charge is -2.04. The summed E-state index contributed by atoms with van der Waals surface area (Å²) >= 11 is 0. The molecule has 0 amide bonds. The average Bonchev–Trinajstić information content (AvgIpc) is 2.59. The van der Waals surface area contributed by atoms with E-state index < -0.39 is 12.3 Å². The number of carbonyl (C=O) groups is 1. The van der Waals surface area contributed by atoms with Gasteiger partial charge < -0.3 is 5.11 Å². The Morgan fingerprint density at radius 3 is 2.64 bits per heavy atom. The highest BCUT2D eigenvalue weighted by molar-refractivity contribution is 5.70. The number of carboxylic acid groups (broad SMARTS) is 1. The SMILES string of the molecule is CCc1nc(CC)n(C(F)C(=O)O)n1. The molecule has 0 spiro atoms. The molecule has 1 unspecified atom stereocenters. The maximum Gasteiger partial charge on any atom is 0.361 e. The molecule has 14 heavy (non-hydrogen) atoms. The van der Waals surface area contributed by atoms with Gasteiger partial charge in [0.05, 0.1) is 0 Å². The van der Waals surface area contributed by atoms with Crippen molar-refractivity contribution in [1.82, 2.24) is 14.8 Å². The number of aryl methyl sites for hydroxylation is 2. The Bertz CT molecular complexity index is 337. The van der Waals surface area contributed by atoms with Gasteiger partial charge in [0.15, 0.2) is 5.82 Å². The fraction of sp³-hybridized carbons (Fsp3) is 0.625. The molecule has 0 bridgehead atoms. The Balaban J connectivity index is 3.05. The summed E-state index contributed by atoms with van der Waals surface area (Å²) in [6.45, 7) is 3.60. The molecule has 1 N–H and O–H groups in total. The number of aliphatic carboxylic acids is 1. The topological polar surface area (TPSA) is 68.0 Å². The van der Waals surface area contributed by atoms with Crippen LogP contribution in [0, 0.1) is 0 Å². The Hall–Kier alpha value is -1.46. The maximum absolute atomic E-state index is 13.1. The molecule has 0 aliphatic rings. The quantitative estimate of drug-likeness (QED) is 0.787. The van der Waals surface area contributed by atoms with Gasteiger partial charge in [-0.2, -0.15) is 5.10 Å². The van der Waals surface area contributed by atoms with Crippen LogP contribution in [0.15, 0.2) is 0 Å². The van der Waals surface area contributed by atoms with E-state index in [2.05, 4.69) is 10.1 Å². The van der Waals surface area contributed by atoms with Gasteiger partial charge in [-0.05, 0) is 0 Å². The highest BCUT2D eigenvalue weighted by Gasteiger charge is 2.22. The van der Waals surface area contributed by atoms with Gasteiger partial charge in [0, 0.05) is 12.8 Å². The van der Waals surface area contributed by atoms with Crippen molar-refractivity contribution in [2.75, 3.05) is 0 Å². The number of carboxylic acids is 1. The van der Waals surface area contributed by atoms with E-state index in [0.717, 1.165) is 4.68 Å². The predicted molar refractivity (Wildman–Crippen MR) is 46.6 cm³/mol. The van der Waals surface area contributed by atoms with Crippen molar-refractivity contribution in [2.45, 2.75) is 33.0 Å². The van der Waals surface area contributed by atoms with E-state index in [0.29, 0.717) is 24.5 Å². The second kappa shape index (κ2) is 4.17. The second-order valence-electron chi connectivity index (χ2n) is 2.77. The molecule has 5 nitrogen and oxygen atoms in total. The number of aromatic nitrogens is 3. The molecule has 0 saturated heterocycles. The normalized spacial score (nSPS) is 12.8. The van der Waals surface area contributed by atoms with Crippen LogP contribution in [-0.4, -0.2) is 25.8 Å². The number of nitrogens with zero attached hydrogens (tertiary/aromatic N) is 3. The van der Waals surface area contributed by atoms with E-state index in [1.54, 1.807) is 6.92 Å². The maximum atomic E-state index is 13.1. The molecule has 0 saturated carbocycles. The van der Waals surface area contributed by atoms with Crippen LogP contribution in [0.5, 0.6) is 0 Å². The molecule has 0 aromatic carbocycles. The minimum atomic E-state index is -2.14. The Morgan fingerprint density at radius 2 is 2.21 bits per heavy atom. The smallest absolute Gasteiger partial charge is 0.361 e. The van der Waals surface area contributed by atoms with Gasteiger partial charge in [-0.1, -0.05) is 13.8 Å². The first-order valence-corrected chi connectivity index (χ1v) is 4.41. The summed E-state index contributed by atoms with van der Waals surface area (Å²) in [7, 11) is 0. The number of hydrogen-bond donors (Lipinski definition) is 1. The van der Waals surface area contributed by atoms with E-state index in [1.807, 2.05) is 6.92 Å². The van der Waals surface area contributed by atoms with Crippen LogP contribution in [0.25, 0.3) is 0 Å². The zero-order valence-electron chi connectivity index (χ0n) is 8.07. The van der Waals surface area contributed by atoms with Gasteiger partial charge in [0.2, 0.25) is 0 Å². The van der Waals surface area contributed by atoms with E-state index in [9.17, 15) is 9.18 Å². The van der Waals surface area contributed by atoms with Crippen molar-refractivity contribution >= 4 is 5.97 Å². The third-order valence-electron chi connectivity index (χ3n) is 1.80. The Labute approximate surface area is 80.6 Å². The first-order chi connectivity index (χ1) is 6.60. The molecule has 0 fully saturated rings. The third kappa shape index (κ3) is 1.89. The lowest BCUT2D eigenvalue weighted by Crippen LogP contribution is -2.18. The number of halogens is 1. The molecule has 1 rings (SSSR count). The Kier molecular flexibility index (Phi) is 3.16. The monoisotopic (exact) mass is 201 g/mol. The van der Waals surface area contributed by atoms with E-state index >= 15 is 0 Å². The van der Waals surface area contributed by atoms with Gasteiger partial charge in [-0.15, -0.1) is 0 Å². The predicted octanol–water partition coefficient (Wildman–Crippen LogP) is 0.956. The van der Waals surface area contributed by atoms with Crippen molar-refractivity contribution in [1.29, 1.82) is 0 Å². The summed E-state index contributed by atoms with van der Waals surface area (Å²) in [6, 6.07) is 0. The molecule has 0 radical (unpaired) electrons. The van der Waals surface area contributed by atoms with Gasteiger partial charge >= 0.3 is 5.97 Å². The van der Waals surface area contributed by atoms with Crippen LogP contribution >= 0.6 is 0 Å². The second-order valence-corrected chi connectivity index (χ2v) is 2.77. The number of rotatable bonds is 4. The third-order valence-corrected chi connectivity index (χ3v) is 1.80. The summed E-state index contributed by atoms with van der Waals surface area (Å²) in [5, 5.41) is 12.2. The Morgan fingerprint density at radius 1 is 1.57 bits per heavy atom. The van der Waals surface area contributed by atoms with Crippen LogP contribution in [0.3, 0.4) is 0 Å². The summed E-state index contributed by atoms with van der Waals surface area (Å²) < 4.78 is 13.9. The highest BCUT2D eigenvalue weighted by atomic mass is 19.1. The fourth-order valence-electron chi connectivity index (χ4n) is 1.08. The summed E-state index contributed by atoms with van der Waals surface area (Å²) in [5.41, 5.74) is 0. The minimum Gasteiger partial charge on any atom is -0.478 e. The van der Waals surface area contributed by atoms with Gasteiger partial charge in [0.1, 0.15) is 5.82 Å². The molecule has 0 aliphatic heterocycles. The standard InChI is InChI=1S/C8H12FN3O2/c1-3-5-10-6(4-2)12(11-5)7(9)8(13)14/h7H,3-4H2,1-2H3,(H,13,14). The lowest BCUT2D eigenvalue weighted by atomic mass is 10.4. The van der Waals surface area contributed by atoms with E-state index in [4.69, 9.17) is 5.11 Å². The van der Waals surface area contributed by atoms with Crippen LogP contribution in [0.1, 0.15) is 31.8 Å². The molecule has 1 atom stereocenters. The number of alkyl halides is 1. The summed E-state index contributed by atoms with van der Waals surface area (Å²) in [5.74, 6) is -0.727. The summed E-state index contributed by atoms with van der Waals surface area (Å²) in [4.78, 5) is 14.4. The fourth-order valence-corrected chi connectivity index (χ4v) is 1.08. The molecule has 0 aliphatic carbocycles. The van der Waals surface area contributed by atoms with Gasteiger partial charge in [-0.25, -0.2) is 18.9 Å². The van der Waals surface area contributed by atoms with Crippen molar-refractivity contribution in [3.05, 3.63) is 11.6 Å². The van der Waals surface area contributed by atoms with E-state index in [1.165, 1.54) is 0 Å². The van der Waals surface area contributed by atoms with Crippen molar-refractivity contribution in [2.24, 2.45) is 0 Å². The largest absolute Gasteiger partial charge is 0.478 e.